The molecule has 0 aliphatic carbocycles. The van der Waals surface area contributed by atoms with Crippen molar-refractivity contribution in [2.45, 2.75) is 48.9 Å². The van der Waals surface area contributed by atoms with Crippen LogP contribution in [0.1, 0.15) is 36.0 Å². The Bertz CT molecular complexity index is 1100. The van der Waals surface area contributed by atoms with Crippen molar-refractivity contribution in [3.8, 4) is 0 Å². The van der Waals surface area contributed by atoms with E-state index in [-0.39, 0.29) is 4.90 Å². The number of sulfonamides is 1. The first-order valence-electron chi connectivity index (χ1n) is 9.49. The number of nitrogens with zero attached hydrogens (tertiary/aromatic N) is 4. The zero-order chi connectivity index (χ0) is 19.7. The van der Waals surface area contributed by atoms with E-state index in [0.29, 0.717) is 23.9 Å². The van der Waals surface area contributed by atoms with Crippen molar-refractivity contribution in [2.24, 2.45) is 0 Å². The average molecular weight is 417 g/mol. The van der Waals surface area contributed by atoms with Crippen molar-refractivity contribution >= 4 is 27.4 Å². The molecule has 1 fully saturated rings. The van der Waals surface area contributed by atoms with Crippen molar-refractivity contribution in [3.05, 3.63) is 53.2 Å². The van der Waals surface area contributed by atoms with Gasteiger partial charge in [-0.3, -0.25) is 4.40 Å². The smallest absolute Gasteiger partial charge is 0.246 e. The molecule has 148 valence electrons. The Morgan fingerprint density at radius 2 is 1.86 bits per heavy atom. The molecule has 0 amide bonds. The number of fused-ring (bicyclic) bond motifs is 1. The lowest BCUT2D eigenvalue weighted by atomic mass is 10.1. The number of aromatic nitrogens is 3. The lowest BCUT2D eigenvalue weighted by Crippen LogP contribution is -2.35. The summed E-state index contributed by atoms with van der Waals surface area (Å²) < 4.78 is 29.6. The van der Waals surface area contributed by atoms with Gasteiger partial charge in [-0.25, -0.2) is 8.42 Å². The van der Waals surface area contributed by atoms with Gasteiger partial charge in [0, 0.05) is 25.0 Å². The SMILES string of the molecule is Cc1ccc(C)c(CSc2nnc3c(S(=O)(=O)N4CCCCC4)cccn23)c1. The molecule has 3 heterocycles. The van der Waals surface area contributed by atoms with Crippen LogP contribution in [-0.2, 0) is 15.8 Å². The van der Waals surface area contributed by atoms with Gasteiger partial charge in [0.05, 0.1) is 0 Å². The van der Waals surface area contributed by atoms with E-state index in [2.05, 4.69) is 42.2 Å². The molecule has 0 unspecified atom stereocenters. The quantitative estimate of drug-likeness (QED) is 0.592. The molecular formula is C20H24N4O2S2. The first kappa shape index (κ1) is 19.4. The molecule has 3 aromatic rings. The molecule has 1 saturated heterocycles. The fourth-order valence-electron chi connectivity index (χ4n) is 3.51. The number of benzene rings is 1. The summed E-state index contributed by atoms with van der Waals surface area (Å²) in [7, 11) is -3.55. The maximum absolute atomic E-state index is 13.1. The Kier molecular flexibility index (Phi) is 5.44. The Hall–Kier alpha value is -1.90. The highest BCUT2D eigenvalue weighted by Gasteiger charge is 2.29. The van der Waals surface area contributed by atoms with E-state index in [9.17, 15) is 8.42 Å². The Balaban J connectivity index is 1.64. The van der Waals surface area contributed by atoms with Crippen LogP contribution in [0.2, 0.25) is 0 Å². The third kappa shape index (κ3) is 3.68. The molecule has 6 nitrogen and oxygen atoms in total. The van der Waals surface area contributed by atoms with Gasteiger partial charge < -0.3 is 0 Å². The van der Waals surface area contributed by atoms with Gasteiger partial charge in [-0.05, 0) is 49.9 Å². The first-order chi connectivity index (χ1) is 13.5. The first-order valence-corrected chi connectivity index (χ1v) is 11.9. The fraction of sp³-hybridized carbons (Fsp3) is 0.400. The van der Waals surface area contributed by atoms with Crippen molar-refractivity contribution in [1.29, 1.82) is 0 Å². The molecule has 2 aromatic heterocycles. The number of piperidine rings is 1. The van der Waals surface area contributed by atoms with Gasteiger partial charge in [0.1, 0.15) is 4.90 Å². The highest BCUT2D eigenvalue weighted by molar-refractivity contribution is 7.98. The molecule has 8 heteroatoms. The van der Waals surface area contributed by atoms with E-state index in [1.54, 1.807) is 32.6 Å². The van der Waals surface area contributed by atoms with Gasteiger partial charge in [0.15, 0.2) is 10.8 Å². The van der Waals surface area contributed by atoms with Crippen LogP contribution in [0.3, 0.4) is 0 Å². The largest absolute Gasteiger partial charge is 0.276 e. The monoisotopic (exact) mass is 416 g/mol. The van der Waals surface area contributed by atoms with Gasteiger partial charge in [-0.1, -0.05) is 41.9 Å². The Morgan fingerprint density at radius 3 is 2.64 bits per heavy atom. The number of pyridine rings is 1. The molecule has 1 aliphatic rings. The Morgan fingerprint density at radius 1 is 1.07 bits per heavy atom. The molecular weight excluding hydrogens is 392 g/mol. The number of hydrogen-bond acceptors (Lipinski definition) is 5. The van der Waals surface area contributed by atoms with Gasteiger partial charge in [-0.15, -0.1) is 10.2 Å². The van der Waals surface area contributed by atoms with Crippen molar-refractivity contribution in [1.82, 2.24) is 18.9 Å². The van der Waals surface area contributed by atoms with Crippen LogP contribution in [0.15, 0.2) is 46.6 Å². The molecule has 1 aromatic carbocycles. The number of hydrogen-bond donors (Lipinski definition) is 0. The molecule has 1 aliphatic heterocycles. The zero-order valence-electron chi connectivity index (χ0n) is 16.1. The normalized spacial score (nSPS) is 15.9. The standard InChI is InChI=1S/C20H24N4O2S2/c1-15-8-9-16(2)17(13-15)14-27-20-22-21-19-18(7-6-12-24(19)20)28(25,26)23-10-4-3-5-11-23/h6-9,12-13H,3-5,10-11,14H2,1-2H3. The predicted molar refractivity (Wildman–Crippen MR) is 111 cm³/mol. The summed E-state index contributed by atoms with van der Waals surface area (Å²) in [5.74, 6) is 0.761. The van der Waals surface area contributed by atoms with Gasteiger partial charge in [-0.2, -0.15) is 4.31 Å². The average Bonchev–Trinajstić information content (AvgIpc) is 3.12. The number of aryl methyl sites for hydroxylation is 2. The van der Waals surface area contributed by atoms with Gasteiger partial charge >= 0.3 is 0 Å². The molecule has 0 atom stereocenters. The molecule has 0 spiro atoms. The van der Waals surface area contributed by atoms with Crippen LogP contribution >= 0.6 is 11.8 Å². The topological polar surface area (TPSA) is 67.6 Å². The van der Waals surface area contributed by atoms with Crippen molar-refractivity contribution in [2.75, 3.05) is 13.1 Å². The third-order valence-corrected chi connectivity index (χ3v) is 8.07. The van der Waals surface area contributed by atoms with Crippen LogP contribution in [0.4, 0.5) is 0 Å². The van der Waals surface area contributed by atoms with Crippen LogP contribution in [0.5, 0.6) is 0 Å². The summed E-state index contributed by atoms with van der Waals surface area (Å²) in [4.78, 5) is 0.239. The van der Waals surface area contributed by atoms with Crippen molar-refractivity contribution in [3.63, 3.8) is 0 Å². The minimum Gasteiger partial charge on any atom is -0.276 e. The predicted octanol–water partition coefficient (Wildman–Crippen LogP) is 3.81. The van der Waals surface area contributed by atoms with Crippen LogP contribution in [0.25, 0.3) is 5.65 Å². The van der Waals surface area contributed by atoms with Crippen molar-refractivity contribution < 1.29 is 8.42 Å². The van der Waals surface area contributed by atoms with Gasteiger partial charge in [0.25, 0.3) is 0 Å². The molecule has 0 bridgehead atoms. The van der Waals surface area contributed by atoms with Crippen LogP contribution in [-0.4, -0.2) is 40.4 Å². The highest BCUT2D eigenvalue weighted by Crippen LogP contribution is 2.28. The second kappa shape index (κ2) is 7.85. The molecule has 28 heavy (non-hydrogen) atoms. The lowest BCUT2D eigenvalue weighted by Gasteiger charge is -2.25. The molecule has 0 N–H and O–H groups in total. The summed E-state index contributed by atoms with van der Waals surface area (Å²) >= 11 is 1.57. The maximum atomic E-state index is 13.1. The fourth-order valence-corrected chi connectivity index (χ4v) is 6.13. The molecule has 4 rings (SSSR count). The Labute approximate surface area is 170 Å². The summed E-state index contributed by atoms with van der Waals surface area (Å²) in [6, 6.07) is 9.80. The summed E-state index contributed by atoms with van der Waals surface area (Å²) in [6.45, 7) is 5.33. The van der Waals surface area contributed by atoms with E-state index in [0.717, 1.165) is 25.0 Å². The second-order valence-corrected chi connectivity index (χ2v) is 10.1. The minimum atomic E-state index is -3.55. The summed E-state index contributed by atoms with van der Waals surface area (Å²) in [5.41, 5.74) is 4.11. The summed E-state index contributed by atoms with van der Waals surface area (Å²) in [6.07, 6.45) is 4.73. The third-order valence-electron chi connectivity index (χ3n) is 5.16. The van der Waals surface area contributed by atoms with Gasteiger partial charge in [0.2, 0.25) is 10.0 Å². The van der Waals surface area contributed by atoms with E-state index in [4.69, 9.17) is 0 Å². The van der Waals surface area contributed by atoms with Crippen LogP contribution in [0, 0.1) is 13.8 Å². The highest BCUT2D eigenvalue weighted by atomic mass is 32.2. The van der Waals surface area contributed by atoms with E-state index in [1.807, 2.05) is 6.20 Å². The van der Waals surface area contributed by atoms with Crippen LogP contribution < -0.4 is 0 Å². The van der Waals surface area contributed by atoms with E-state index in [1.165, 1.54) is 16.7 Å². The molecule has 0 radical (unpaired) electrons. The lowest BCUT2D eigenvalue weighted by molar-refractivity contribution is 0.347. The zero-order valence-corrected chi connectivity index (χ0v) is 17.8. The molecule has 0 saturated carbocycles. The van der Waals surface area contributed by atoms with E-state index >= 15 is 0 Å². The number of rotatable bonds is 5. The van der Waals surface area contributed by atoms with E-state index < -0.39 is 10.0 Å². The maximum Gasteiger partial charge on any atom is 0.246 e. The number of thioether (sulfide) groups is 1. The summed E-state index contributed by atoms with van der Waals surface area (Å²) in [5, 5.41) is 9.19. The minimum absolute atomic E-state index is 0.239. The second-order valence-electron chi connectivity index (χ2n) is 7.23.